The molecule has 0 bridgehead atoms. The van der Waals surface area contributed by atoms with Gasteiger partial charge in [-0.05, 0) is 143 Å². The normalized spacial score (nSPS) is 10.1. The molecule has 0 heterocycles. The fourth-order valence-corrected chi connectivity index (χ4v) is 26.9. The first kappa shape index (κ1) is 98.1. The van der Waals surface area contributed by atoms with Crippen molar-refractivity contribution in [3.63, 3.8) is 0 Å². The Morgan fingerprint density at radius 1 is 0.0750 bits per heavy atom. The first-order valence-corrected chi connectivity index (χ1v) is 46.5. The Hall–Kier alpha value is -8.98. The molecule has 18 aromatic rings. The molecule has 0 aliphatic rings. The van der Waals surface area contributed by atoms with Crippen LogP contribution in [0, 0.1) is 0 Å². The molecule has 120 heavy (non-hydrogen) atoms. The minimum absolute atomic E-state index is 0. The quantitative estimate of drug-likeness (QED) is 0.0597. The average molecular weight is 1930 g/mol. The van der Waals surface area contributed by atoms with E-state index in [-0.39, 0.29) is 90.5 Å². The third-order valence-corrected chi connectivity index (χ3v) is 32.9. The van der Waals surface area contributed by atoms with Crippen LogP contribution in [0.1, 0.15) is 0 Å². The zero-order valence-corrected chi connectivity index (χ0v) is 77.3. The smallest absolute Gasteiger partial charge is 1.00 e. The number of hydrogen-bond acceptors (Lipinski definition) is 0. The SMILES string of the molecule is [Cl-].[Cl-].[Cl-].[Cl-].[Pd+2].[Pd+2].c1ccc(P(c2ccccc2)c2ccccc2)cc1.c1ccc(P(c2ccccc2)c2ccccc2)cc1.c1ccc(P(c2ccccc2)c2ccccc2)cc1.c1ccc(P(c2ccccc2)c2ccccc2)cc1.c1ccc(P(c2ccccc2)c2ccccc2)cc1.c1ccc(P(c2ccccc2)c2ccccc2)cc1. The fraction of sp³-hybridized carbons (Fsp3) is 0. The minimum atomic E-state index is -0.446. The van der Waals surface area contributed by atoms with Gasteiger partial charge in [0.25, 0.3) is 0 Å². The molecule has 0 N–H and O–H groups in total. The van der Waals surface area contributed by atoms with Gasteiger partial charge >= 0.3 is 40.8 Å². The minimum Gasteiger partial charge on any atom is -1.00 e. The molecule has 18 rings (SSSR count). The first-order valence-electron chi connectivity index (χ1n) is 38.4. The Balaban J connectivity index is 0.000000196. The van der Waals surface area contributed by atoms with Gasteiger partial charge in [0.1, 0.15) is 0 Å². The van der Waals surface area contributed by atoms with Crippen molar-refractivity contribution >= 4 is 143 Å². The van der Waals surface area contributed by atoms with Crippen molar-refractivity contribution < 1.29 is 90.5 Å². The number of rotatable bonds is 18. The van der Waals surface area contributed by atoms with Gasteiger partial charge in [0.15, 0.2) is 0 Å². The molecule has 0 aliphatic heterocycles. The molecule has 0 aromatic heterocycles. The second-order valence-corrected chi connectivity index (χ2v) is 39.4. The molecule has 18 aromatic carbocycles. The summed E-state index contributed by atoms with van der Waals surface area (Å²) < 4.78 is 0. The maximum atomic E-state index is 2.23. The van der Waals surface area contributed by atoms with Crippen molar-refractivity contribution in [2.45, 2.75) is 0 Å². The molecule has 0 nitrogen and oxygen atoms in total. The van der Waals surface area contributed by atoms with Gasteiger partial charge in [-0.1, -0.05) is 546 Å². The predicted molar refractivity (Wildman–Crippen MR) is 511 cm³/mol. The molecule has 12 heteroatoms. The molecule has 0 spiro atoms. The van der Waals surface area contributed by atoms with Crippen LogP contribution in [0.25, 0.3) is 0 Å². The van der Waals surface area contributed by atoms with Gasteiger partial charge in [0.2, 0.25) is 0 Å². The van der Waals surface area contributed by atoms with Crippen molar-refractivity contribution in [2.75, 3.05) is 0 Å². The molecule has 0 saturated heterocycles. The van der Waals surface area contributed by atoms with Crippen LogP contribution in [0.5, 0.6) is 0 Å². The molecule has 0 aliphatic carbocycles. The molecular weight excluding hydrogens is 1840 g/mol. The van der Waals surface area contributed by atoms with Crippen molar-refractivity contribution in [2.24, 2.45) is 0 Å². The van der Waals surface area contributed by atoms with Crippen molar-refractivity contribution in [3.8, 4) is 0 Å². The van der Waals surface area contributed by atoms with Crippen LogP contribution in [0.15, 0.2) is 546 Å². The average Bonchev–Trinajstić information content (AvgIpc) is 0.853. The Morgan fingerprint density at radius 2 is 0.117 bits per heavy atom. The molecule has 0 unspecified atom stereocenters. The summed E-state index contributed by atoms with van der Waals surface area (Å²) in [5.41, 5.74) is 0. The second-order valence-electron chi connectivity index (χ2n) is 26.1. The standard InChI is InChI=1S/6C18H15P.4ClH.2Pd/c6*1-4-10-16(11-5-1)19(17-12-6-2-7-13-17)18-14-8-3-9-15-18;;;;;;/h6*1-15H;4*1H;;/q;;;;;;;;;;2*+2/p-4. The summed E-state index contributed by atoms with van der Waals surface area (Å²) in [5, 5.41) is 25.2. The summed E-state index contributed by atoms with van der Waals surface area (Å²) in [6.07, 6.45) is 0. The van der Waals surface area contributed by atoms with Crippen molar-refractivity contribution in [3.05, 3.63) is 546 Å². The van der Waals surface area contributed by atoms with E-state index in [1.54, 1.807) is 0 Å². The van der Waals surface area contributed by atoms with Crippen molar-refractivity contribution in [1.82, 2.24) is 0 Å². The molecule has 0 fully saturated rings. The predicted octanol–water partition coefficient (Wildman–Crippen LogP) is 8.68. The van der Waals surface area contributed by atoms with E-state index in [9.17, 15) is 0 Å². The molecule has 600 valence electrons. The van der Waals surface area contributed by atoms with Crippen molar-refractivity contribution in [1.29, 1.82) is 0 Å². The summed E-state index contributed by atoms with van der Waals surface area (Å²) in [6, 6.07) is 194. The van der Waals surface area contributed by atoms with Gasteiger partial charge in [0.05, 0.1) is 0 Å². The van der Waals surface area contributed by atoms with Gasteiger partial charge in [-0.25, -0.2) is 0 Å². The van der Waals surface area contributed by atoms with Gasteiger partial charge in [0, 0.05) is 0 Å². The van der Waals surface area contributed by atoms with E-state index in [0.717, 1.165) is 0 Å². The van der Waals surface area contributed by atoms with Crippen LogP contribution in [0.3, 0.4) is 0 Å². The summed E-state index contributed by atoms with van der Waals surface area (Å²) in [6.45, 7) is 0. The molecular formula is C108H90Cl4P6Pd2. The van der Waals surface area contributed by atoms with Crippen LogP contribution < -0.4 is 145 Å². The Morgan fingerprint density at radius 3 is 0.158 bits per heavy atom. The van der Waals surface area contributed by atoms with E-state index in [0.29, 0.717) is 0 Å². The van der Waals surface area contributed by atoms with E-state index in [4.69, 9.17) is 0 Å². The van der Waals surface area contributed by atoms with Gasteiger partial charge in [-0.2, -0.15) is 0 Å². The zero-order chi connectivity index (χ0) is 77.5. The third-order valence-electron chi connectivity index (χ3n) is 18.3. The molecule has 0 saturated carbocycles. The molecule has 0 atom stereocenters. The molecule has 0 amide bonds. The fourth-order valence-electron chi connectivity index (χ4n) is 13.1. The number of hydrogen-bond donors (Lipinski definition) is 0. The van der Waals surface area contributed by atoms with E-state index >= 15 is 0 Å². The topological polar surface area (TPSA) is 0 Å². The largest absolute Gasteiger partial charge is 2.00 e. The van der Waals surface area contributed by atoms with Crippen LogP contribution in [0.2, 0.25) is 0 Å². The summed E-state index contributed by atoms with van der Waals surface area (Å²) >= 11 is 0. The Bertz CT molecular complexity index is 4100. The Kier molecular flexibility index (Phi) is 45.7. The summed E-state index contributed by atoms with van der Waals surface area (Å²) in [4.78, 5) is 0. The zero-order valence-electron chi connectivity index (χ0n) is 65.8. The third kappa shape index (κ3) is 29.7. The van der Waals surface area contributed by atoms with Gasteiger partial charge in [-0.15, -0.1) is 0 Å². The van der Waals surface area contributed by atoms with Gasteiger partial charge < -0.3 is 49.6 Å². The van der Waals surface area contributed by atoms with E-state index in [1.165, 1.54) is 95.5 Å². The maximum absolute atomic E-state index is 2.23. The van der Waals surface area contributed by atoms with Gasteiger partial charge in [-0.3, -0.25) is 0 Å². The summed E-state index contributed by atoms with van der Waals surface area (Å²) in [5.74, 6) is 0. The Labute approximate surface area is 772 Å². The number of benzene rings is 18. The van der Waals surface area contributed by atoms with E-state index in [2.05, 4.69) is 546 Å². The molecule has 0 radical (unpaired) electrons. The van der Waals surface area contributed by atoms with Crippen LogP contribution in [0.4, 0.5) is 0 Å². The first-order chi connectivity index (χ1) is 56.7. The van der Waals surface area contributed by atoms with E-state index < -0.39 is 47.5 Å². The second kappa shape index (κ2) is 55.8. The van der Waals surface area contributed by atoms with Crippen LogP contribution in [-0.2, 0) is 40.8 Å². The van der Waals surface area contributed by atoms with Crippen LogP contribution in [-0.4, -0.2) is 0 Å². The van der Waals surface area contributed by atoms with Crippen LogP contribution >= 0.6 is 47.5 Å². The summed E-state index contributed by atoms with van der Waals surface area (Å²) in [7, 11) is -2.68. The number of halogens is 4. The monoisotopic (exact) mass is 1920 g/mol. The van der Waals surface area contributed by atoms with E-state index in [1.807, 2.05) is 0 Å². The maximum Gasteiger partial charge on any atom is 2.00 e.